The number of anilines is 1. The van der Waals surface area contributed by atoms with E-state index >= 15 is 0 Å². The number of fused-ring (bicyclic) bond motifs is 1. The zero-order valence-electron chi connectivity index (χ0n) is 14.1. The molecule has 0 aliphatic rings. The number of rotatable bonds is 4. The molecule has 0 radical (unpaired) electrons. The third-order valence-corrected chi connectivity index (χ3v) is 4.20. The number of carbonyl (C=O) groups is 1. The highest BCUT2D eigenvalue weighted by atomic mass is 16.3. The summed E-state index contributed by atoms with van der Waals surface area (Å²) in [6.07, 6.45) is 0. The van der Waals surface area contributed by atoms with Crippen molar-refractivity contribution in [3.8, 4) is 5.75 Å². The van der Waals surface area contributed by atoms with Crippen molar-refractivity contribution >= 4 is 22.5 Å². The highest BCUT2D eigenvalue weighted by Crippen LogP contribution is 2.27. The van der Waals surface area contributed by atoms with Crippen LogP contribution in [0.15, 0.2) is 48.5 Å². The second kappa shape index (κ2) is 6.28. The van der Waals surface area contributed by atoms with E-state index in [1.807, 2.05) is 56.4 Å². The summed E-state index contributed by atoms with van der Waals surface area (Å²) in [5.74, 6) is 0.0196. The van der Waals surface area contributed by atoms with E-state index in [1.54, 1.807) is 22.8 Å². The van der Waals surface area contributed by atoms with Crippen molar-refractivity contribution in [3.05, 3.63) is 59.8 Å². The van der Waals surface area contributed by atoms with Crippen LogP contribution < -0.4 is 10.2 Å². The molecule has 0 spiro atoms. The first-order chi connectivity index (χ1) is 11.5. The van der Waals surface area contributed by atoms with Gasteiger partial charge in [-0.1, -0.05) is 18.2 Å². The van der Waals surface area contributed by atoms with Crippen molar-refractivity contribution in [1.82, 2.24) is 9.88 Å². The zero-order valence-corrected chi connectivity index (χ0v) is 14.1. The molecule has 3 aromatic rings. The largest absolute Gasteiger partial charge is 0.507 e. The van der Waals surface area contributed by atoms with Crippen LogP contribution in [-0.4, -0.2) is 29.7 Å². The minimum Gasteiger partial charge on any atom is -0.507 e. The molecule has 3 rings (SSSR count). The minimum atomic E-state index is -0.162. The molecular weight excluding hydrogens is 302 g/mol. The number of amides is 1. The molecule has 0 fully saturated rings. The quantitative estimate of drug-likeness (QED) is 0.776. The summed E-state index contributed by atoms with van der Waals surface area (Å²) in [6.45, 7) is 0.458. The van der Waals surface area contributed by atoms with E-state index in [-0.39, 0.29) is 11.7 Å². The molecule has 24 heavy (non-hydrogen) atoms. The second-order valence-corrected chi connectivity index (χ2v) is 6.04. The van der Waals surface area contributed by atoms with Crippen molar-refractivity contribution in [2.24, 2.45) is 7.05 Å². The van der Waals surface area contributed by atoms with Crippen LogP contribution in [0.5, 0.6) is 5.75 Å². The van der Waals surface area contributed by atoms with E-state index < -0.39 is 0 Å². The molecule has 1 aromatic heterocycles. The van der Waals surface area contributed by atoms with Gasteiger partial charge in [-0.3, -0.25) is 4.79 Å². The Labute approximate surface area is 141 Å². The Hall–Kier alpha value is -2.95. The van der Waals surface area contributed by atoms with Gasteiger partial charge in [0.2, 0.25) is 0 Å². The zero-order chi connectivity index (χ0) is 17.3. The molecule has 5 nitrogen and oxygen atoms in total. The first-order valence-electron chi connectivity index (χ1n) is 7.79. The normalized spacial score (nSPS) is 10.8. The van der Waals surface area contributed by atoms with E-state index in [0.717, 1.165) is 16.8 Å². The Balaban J connectivity index is 1.75. The molecule has 0 saturated carbocycles. The number of phenols is 1. The van der Waals surface area contributed by atoms with Crippen molar-refractivity contribution in [1.29, 1.82) is 0 Å². The molecular formula is C19H21N3O2. The topological polar surface area (TPSA) is 57.5 Å². The third-order valence-electron chi connectivity index (χ3n) is 4.20. The van der Waals surface area contributed by atoms with Gasteiger partial charge in [0.25, 0.3) is 5.91 Å². The van der Waals surface area contributed by atoms with Gasteiger partial charge in [0.05, 0.1) is 5.52 Å². The standard InChI is InChI=1S/C19H21N3O2/c1-21(2)14-9-7-13(8-10-14)12-20-19(24)17-11-15-16(22(17)3)5-4-6-18(15)23/h4-11,23H,12H2,1-3H3,(H,20,24). The maximum Gasteiger partial charge on any atom is 0.268 e. The van der Waals surface area contributed by atoms with Gasteiger partial charge in [-0.15, -0.1) is 0 Å². The lowest BCUT2D eigenvalue weighted by molar-refractivity contribution is 0.0943. The number of carbonyl (C=O) groups excluding carboxylic acids is 1. The molecule has 5 heteroatoms. The molecule has 0 unspecified atom stereocenters. The number of aromatic hydroxyl groups is 1. The Bertz CT molecular complexity index is 880. The first-order valence-corrected chi connectivity index (χ1v) is 7.79. The molecule has 0 aliphatic heterocycles. The Morgan fingerprint density at radius 3 is 2.50 bits per heavy atom. The lowest BCUT2D eigenvalue weighted by Gasteiger charge is -2.13. The van der Waals surface area contributed by atoms with Crippen LogP contribution in [0, 0.1) is 0 Å². The second-order valence-electron chi connectivity index (χ2n) is 6.04. The molecule has 0 atom stereocenters. The monoisotopic (exact) mass is 323 g/mol. The highest BCUT2D eigenvalue weighted by molar-refractivity contribution is 6.00. The maximum atomic E-state index is 12.5. The maximum absolute atomic E-state index is 12.5. The average molecular weight is 323 g/mol. The highest BCUT2D eigenvalue weighted by Gasteiger charge is 2.14. The van der Waals surface area contributed by atoms with Gasteiger partial charge in [-0.2, -0.15) is 0 Å². The summed E-state index contributed by atoms with van der Waals surface area (Å²) in [4.78, 5) is 14.5. The summed E-state index contributed by atoms with van der Waals surface area (Å²) in [5, 5.41) is 13.5. The van der Waals surface area contributed by atoms with E-state index in [4.69, 9.17) is 0 Å². The summed E-state index contributed by atoms with van der Waals surface area (Å²) in [5.41, 5.74) is 3.51. The third kappa shape index (κ3) is 2.93. The number of aryl methyl sites for hydroxylation is 1. The molecule has 124 valence electrons. The van der Waals surface area contributed by atoms with Gasteiger partial charge in [0.1, 0.15) is 11.4 Å². The van der Waals surface area contributed by atoms with Crippen LogP contribution in [0.3, 0.4) is 0 Å². The SMILES string of the molecule is CN(C)c1ccc(CNC(=O)c2cc3c(O)cccc3n2C)cc1. The van der Waals surface area contributed by atoms with Gasteiger partial charge >= 0.3 is 0 Å². The van der Waals surface area contributed by atoms with Crippen molar-refractivity contribution < 1.29 is 9.90 Å². The van der Waals surface area contributed by atoms with Crippen molar-refractivity contribution in [2.75, 3.05) is 19.0 Å². The number of benzene rings is 2. The summed E-state index contributed by atoms with van der Waals surface area (Å²) < 4.78 is 1.79. The minimum absolute atomic E-state index is 0.162. The number of nitrogens with one attached hydrogen (secondary N) is 1. The fourth-order valence-corrected chi connectivity index (χ4v) is 2.75. The lowest BCUT2D eigenvalue weighted by atomic mass is 10.2. The fraction of sp³-hybridized carbons (Fsp3) is 0.211. The van der Waals surface area contributed by atoms with Gasteiger partial charge < -0.3 is 19.9 Å². The fourth-order valence-electron chi connectivity index (χ4n) is 2.75. The summed E-state index contributed by atoms with van der Waals surface area (Å²) >= 11 is 0. The summed E-state index contributed by atoms with van der Waals surface area (Å²) in [7, 11) is 5.81. The number of nitrogens with zero attached hydrogens (tertiary/aromatic N) is 2. The molecule has 2 N–H and O–H groups in total. The smallest absolute Gasteiger partial charge is 0.268 e. The predicted molar refractivity (Wildman–Crippen MR) is 96.5 cm³/mol. The van der Waals surface area contributed by atoms with E-state index in [9.17, 15) is 9.90 Å². The summed E-state index contributed by atoms with van der Waals surface area (Å²) in [6, 6.07) is 15.0. The van der Waals surface area contributed by atoms with Crippen LogP contribution in [-0.2, 0) is 13.6 Å². The van der Waals surface area contributed by atoms with Gasteiger partial charge in [0, 0.05) is 38.8 Å². The lowest BCUT2D eigenvalue weighted by Crippen LogP contribution is -2.24. The molecule has 0 aliphatic carbocycles. The molecule has 0 saturated heterocycles. The Morgan fingerprint density at radius 2 is 1.88 bits per heavy atom. The van der Waals surface area contributed by atoms with Gasteiger partial charge in [-0.05, 0) is 35.9 Å². The van der Waals surface area contributed by atoms with E-state index in [1.165, 1.54) is 0 Å². The number of phenolic OH excluding ortho intramolecular Hbond substituents is 1. The Morgan fingerprint density at radius 1 is 1.17 bits per heavy atom. The van der Waals surface area contributed by atoms with Crippen LogP contribution in [0.25, 0.3) is 10.9 Å². The van der Waals surface area contributed by atoms with Crippen LogP contribution in [0.4, 0.5) is 5.69 Å². The van der Waals surface area contributed by atoms with E-state index in [0.29, 0.717) is 17.6 Å². The van der Waals surface area contributed by atoms with Crippen LogP contribution >= 0.6 is 0 Å². The molecule has 1 heterocycles. The average Bonchev–Trinajstić information content (AvgIpc) is 2.92. The van der Waals surface area contributed by atoms with Crippen molar-refractivity contribution in [3.63, 3.8) is 0 Å². The van der Waals surface area contributed by atoms with Gasteiger partial charge in [-0.25, -0.2) is 0 Å². The molecule has 2 aromatic carbocycles. The van der Waals surface area contributed by atoms with Crippen LogP contribution in [0.1, 0.15) is 16.1 Å². The van der Waals surface area contributed by atoms with Crippen molar-refractivity contribution in [2.45, 2.75) is 6.54 Å². The molecule has 0 bridgehead atoms. The Kier molecular flexibility index (Phi) is 4.16. The van der Waals surface area contributed by atoms with Crippen LogP contribution in [0.2, 0.25) is 0 Å². The van der Waals surface area contributed by atoms with Gasteiger partial charge in [0.15, 0.2) is 0 Å². The number of hydrogen-bond acceptors (Lipinski definition) is 3. The van der Waals surface area contributed by atoms with E-state index in [2.05, 4.69) is 5.32 Å². The predicted octanol–water partition coefficient (Wildman–Crippen LogP) is 2.88. The first kappa shape index (κ1) is 15.9. The number of aromatic nitrogens is 1. The number of hydrogen-bond donors (Lipinski definition) is 2. The molecule has 1 amide bonds.